The van der Waals surface area contributed by atoms with Crippen LogP contribution in [0.1, 0.15) is 10.4 Å². The second-order valence-corrected chi connectivity index (χ2v) is 5.87. The quantitative estimate of drug-likeness (QED) is 0.668. The van der Waals surface area contributed by atoms with E-state index in [0.29, 0.717) is 17.1 Å². The van der Waals surface area contributed by atoms with Gasteiger partial charge in [0.15, 0.2) is 0 Å². The second kappa shape index (κ2) is 9.33. The van der Waals surface area contributed by atoms with Crippen molar-refractivity contribution in [3.05, 3.63) is 66.2 Å². The van der Waals surface area contributed by atoms with Crippen LogP contribution < -0.4 is 19.5 Å². The number of methoxy groups -OCH3 is 2. The smallest absolute Gasteiger partial charge is 0.255 e. The number of hydrogen-bond acceptors (Lipinski definition) is 4. The molecule has 3 aromatic rings. The molecule has 0 unspecified atom stereocenters. The molecule has 28 heavy (non-hydrogen) atoms. The van der Waals surface area contributed by atoms with Crippen molar-refractivity contribution in [2.75, 3.05) is 27.4 Å². The molecule has 5 heteroatoms. The number of rotatable bonds is 6. The monoisotopic (exact) mass is 375 g/mol. The van der Waals surface area contributed by atoms with Crippen LogP contribution in [0.4, 0.5) is 0 Å². The Labute approximate surface area is 164 Å². The zero-order valence-electron chi connectivity index (χ0n) is 15.8. The highest BCUT2D eigenvalue weighted by molar-refractivity contribution is 5.97. The number of ether oxygens (including phenoxy) is 3. The molecule has 3 rings (SSSR count). The Balaban J connectivity index is 1.53. The third-order valence-electron chi connectivity index (χ3n) is 4.17. The molecular weight excluding hydrogens is 354 g/mol. The number of hydrogen-bond donors (Lipinski definition) is 1. The van der Waals surface area contributed by atoms with Crippen LogP contribution in [-0.2, 0) is 0 Å². The van der Waals surface area contributed by atoms with Crippen molar-refractivity contribution >= 4 is 16.7 Å². The fraction of sp³-hybridized carbons (Fsp3) is 0.174. The zero-order valence-corrected chi connectivity index (χ0v) is 15.8. The average molecular weight is 375 g/mol. The summed E-state index contributed by atoms with van der Waals surface area (Å²) in [5.74, 6) is 7.41. The molecule has 5 nitrogen and oxygen atoms in total. The highest BCUT2D eigenvalue weighted by atomic mass is 16.5. The van der Waals surface area contributed by atoms with Crippen molar-refractivity contribution in [1.29, 1.82) is 0 Å². The van der Waals surface area contributed by atoms with Crippen molar-refractivity contribution in [3.63, 3.8) is 0 Å². The van der Waals surface area contributed by atoms with Crippen molar-refractivity contribution < 1.29 is 19.0 Å². The third kappa shape index (κ3) is 4.54. The Hall–Kier alpha value is -3.65. The largest absolute Gasteiger partial charge is 0.497 e. The van der Waals surface area contributed by atoms with E-state index in [1.165, 1.54) is 7.11 Å². The summed E-state index contributed by atoms with van der Waals surface area (Å²) in [4.78, 5) is 12.3. The van der Waals surface area contributed by atoms with Gasteiger partial charge in [0.25, 0.3) is 5.91 Å². The summed E-state index contributed by atoms with van der Waals surface area (Å²) in [6.07, 6.45) is 0. The van der Waals surface area contributed by atoms with E-state index in [1.807, 2.05) is 42.5 Å². The summed E-state index contributed by atoms with van der Waals surface area (Å²) < 4.78 is 16.1. The molecule has 3 aromatic carbocycles. The maximum absolute atomic E-state index is 12.3. The molecule has 0 radical (unpaired) electrons. The molecule has 0 aliphatic carbocycles. The van der Waals surface area contributed by atoms with Crippen molar-refractivity contribution in [2.45, 2.75) is 0 Å². The maximum atomic E-state index is 12.3. The van der Waals surface area contributed by atoms with Gasteiger partial charge in [-0.15, -0.1) is 0 Å². The van der Waals surface area contributed by atoms with Crippen molar-refractivity contribution in [1.82, 2.24) is 5.32 Å². The standard InChI is InChI=1S/C23H21NO4/c1-26-18-12-13-20(22(16-18)27-2)23(25)24-14-5-6-15-28-21-11-7-9-17-8-3-4-10-19(17)21/h3-4,7-13,16H,14-15H2,1-2H3,(H,24,25). The summed E-state index contributed by atoms with van der Waals surface area (Å²) in [5.41, 5.74) is 0.428. The fourth-order valence-electron chi connectivity index (χ4n) is 2.75. The first-order chi connectivity index (χ1) is 13.7. The Kier molecular flexibility index (Phi) is 6.37. The zero-order chi connectivity index (χ0) is 19.8. The lowest BCUT2D eigenvalue weighted by atomic mass is 10.1. The van der Waals surface area contributed by atoms with E-state index >= 15 is 0 Å². The summed E-state index contributed by atoms with van der Waals surface area (Å²) in [6, 6.07) is 19.0. The molecule has 142 valence electrons. The highest BCUT2D eigenvalue weighted by Crippen LogP contribution is 2.25. The van der Waals surface area contributed by atoms with Gasteiger partial charge in [-0.1, -0.05) is 48.2 Å². The van der Waals surface area contributed by atoms with E-state index in [1.54, 1.807) is 25.3 Å². The summed E-state index contributed by atoms with van der Waals surface area (Å²) >= 11 is 0. The molecule has 0 fully saturated rings. The molecule has 0 heterocycles. The van der Waals surface area contributed by atoms with Gasteiger partial charge in [0.05, 0.1) is 26.3 Å². The minimum Gasteiger partial charge on any atom is -0.497 e. The Bertz CT molecular complexity index is 1030. The van der Waals surface area contributed by atoms with Gasteiger partial charge in [-0.05, 0) is 23.6 Å². The first-order valence-corrected chi connectivity index (χ1v) is 8.79. The van der Waals surface area contributed by atoms with Gasteiger partial charge in [0.2, 0.25) is 0 Å². The molecule has 1 amide bonds. The third-order valence-corrected chi connectivity index (χ3v) is 4.17. The Morgan fingerprint density at radius 3 is 2.57 bits per heavy atom. The normalized spacial score (nSPS) is 9.93. The molecule has 0 bridgehead atoms. The van der Waals surface area contributed by atoms with Gasteiger partial charge in [-0.25, -0.2) is 0 Å². The van der Waals surface area contributed by atoms with E-state index in [4.69, 9.17) is 14.2 Å². The molecule has 0 saturated carbocycles. The number of amides is 1. The van der Waals surface area contributed by atoms with E-state index in [0.717, 1.165) is 16.5 Å². The van der Waals surface area contributed by atoms with Crippen molar-refractivity contribution in [3.8, 4) is 29.1 Å². The van der Waals surface area contributed by atoms with Crippen LogP contribution in [-0.4, -0.2) is 33.3 Å². The Morgan fingerprint density at radius 1 is 0.929 bits per heavy atom. The molecule has 0 aromatic heterocycles. The molecule has 0 spiro atoms. The van der Waals surface area contributed by atoms with Crippen LogP contribution in [0.25, 0.3) is 10.8 Å². The van der Waals surface area contributed by atoms with Crippen LogP contribution in [0, 0.1) is 11.8 Å². The minimum absolute atomic E-state index is 0.215. The van der Waals surface area contributed by atoms with Gasteiger partial charge >= 0.3 is 0 Å². The molecule has 0 saturated heterocycles. The summed E-state index contributed by atoms with van der Waals surface area (Å²) in [6.45, 7) is 0.461. The first kappa shape index (κ1) is 19.1. The van der Waals surface area contributed by atoms with Gasteiger partial charge < -0.3 is 19.5 Å². The van der Waals surface area contributed by atoms with Crippen LogP contribution >= 0.6 is 0 Å². The van der Waals surface area contributed by atoms with Crippen LogP contribution in [0.3, 0.4) is 0 Å². The van der Waals surface area contributed by atoms with E-state index in [-0.39, 0.29) is 19.1 Å². The Morgan fingerprint density at radius 2 is 1.75 bits per heavy atom. The molecular formula is C23H21NO4. The maximum Gasteiger partial charge on any atom is 0.255 e. The van der Waals surface area contributed by atoms with E-state index in [2.05, 4.69) is 17.2 Å². The fourth-order valence-corrected chi connectivity index (χ4v) is 2.75. The van der Waals surface area contributed by atoms with Crippen LogP contribution in [0.15, 0.2) is 60.7 Å². The van der Waals surface area contributed by atoms with E-state index < -0.39 is 0 Å². The van der Waals surface area contributed by atoms with Crippen LogP contribution in [0.5, 0.6) is 17.2 Å². The molecule has 0 aliphatic heterocycles. The SMILES string of the molecule is COc1ccc(C(=O)NCC#CCOc2cccc3ccccc23)c(OC)c1. The molecule has 0 aliphatic rings. The van der Waals surface area contributed by atoms with Gasteiger partial charge in [-0.2, -0.15) is 0 Å². The highest BCUT2D eigenvalue weighted by Gasteiger charge is 2.12. The average Bonchev–Trinajstić information content (AvgIpc) is 2.75. The van der Waals surface area contributed by atoms with E-state index in [9.17, 15) is 4.79 Å². The molecule has 0 atom stereocenters. The first-order valence-electron chi connectivity index (χ1n) is 8.79. The number of fused-ring (bicyclic) bond motifs is 1. The van der Waals surface area contributed by atoms with Gasteiger partial charge in [0.1, 0.15) is 23.9 Å². The summed E-state index contributed by atoms with van der Waals surface area (Å²) in [7, 11) is 3.07. The second-order valence-electron chi connectivity index (χ2n) is 5.87. The van der Waals surface area contributed by atoms with Crippen LogP contribution in [0.2, 0.25) is 0 Å². The topological polar surface area (TPSA) is 56.8 Å². The predicted molar refractivity (Wildman–Crippen MR) is 109 cm³/mol. The van der Waals surface area contributed by atoms with Gasteiger partial charge in [-0.3, -0.25) is 4.79 Å². The van der Waals surface area contributed by atoms with Gasteiger partial charge in [0, 0.05) is 11.5 Å². The number of carbonyl (C=O) groups excluding carboxylic acids is 1. The summed E-state index contributed by atoms with van der Waals surface area (Å²) in [5, 5.41) is 4.92. The molecule has 1 N–H and O–H groups in total. The number of benzene rings is 3. The number of carbonyl (C=O) groups is 1. The lowest BCUT2D eigenvalue weighted by molar-refractivity contribution is 0.0955. The minimum atomic E-state index is -0.260. The number of nitrogens with one attached hydrogen (secondary N) is 1. The van der Waals surface area contributed by atoms with Crippen molar-refractivity contribution in [2.24, 2.45) is 0 Å². The predicted octanol–water partition coefficient (Wildman–Crippen LogP) is 3.67. The lowest BCUT2D eigenvalue weighted by Gasteiger charge is -2.09. The lowest BCUT2D eigenvalue weighted by Crippen LogP contribution is -2.24.